The van der Waals surface area contributed by atoms with Gasteiger partial charge < -0.3 is 5.11 Å². The molecule has 4 aliphatic carbocycles. The molecule has 5 rings (SSSR count). The maximum Gasteiger partial charge on any atom is 0.309 e. The van der Waals surface area contributed by atoms with Gasteiger partial charge in [0.25, 0.3) is 10.1 Å². The fraction of sp³-hybridized carbons (Fsp3) is 0.714. The monoisotopic (exact) mass is 502 g/mol. The number of carbonyl (C=O) groups is 2. The van der Waals surface area contributed by atoms with Crippen molar-refractivity contribution in [3.8, 4) is 0 Å². The van der Waals surface area contributed by atoms with E-state index in [2.05, 4.69) is 6.92 Å². The highest BCUT2D eigenvalue weighted by atomic mass is 32.2. The number of aryl methyl sites for hydroxylation is 1. The van der Waals surface area contributed by atoms with Crippen LogP contribution in [0.1, 0.15) is 77.7 Å². The molecule has 35 heavy (non-hydrogen) atoms. The molecule has 7 atom stereocenters. The van der Waals surface area contributed by atoms with Crippen LogP contribution in [-0.4, -0.2) is 31.9 Å². The molecule has 0 saturated heterocycles. The zero-order valence-electron chi connectivity index (χ0n) is 21.3. The van der Waals surface area contributed by atoms with E-state index >= 15 is 0 Å². The largest absolute Gasteiger partial charge is 0.481 e. The van der Waals surface area contributed by atoms with E-state index in [-0.39, 0.29) is 40.0 Å². The molecule has 4 aliphatic rings. The highest BCUT2D eigenvalue weighted by Gasteiger charge is 2.71. The Morgan fingerprint density at radius 2 is 1.69 bits per heavy atom. The van der Waals surface area contributed by atoms with Crippen LogP contribution in [-0.2, 0) is 23.9 Å². The van der Waals surface area contributed by atoms with Crippen molar-refractivity contribution < 1.29 is 27.3 Å². The van der Waals surface area contributed by atoms with E-state index in [1.807, 2.05) is 20.8 Å². The molecule has 0 amide bonds. The molecule has 1 N–H and O–H groups in total. The van der Waals surface area contributed by atoms with Crippen molar-refractivity contribution >= 4 is 21.9 Å². The molecule has 0 unspecified atom stereocenters. The summed E-state index contributed by atoms with van der Waals surface area (Å²) in [7, 11) is -3.98. The van der Waals surface area contributed by atoms with E-state index in [1.165, 1.54) is 0 Å². The fourth-order valence-electron chi connectivity index (χ4n) is 9.19. The number of aliphatic carboxylic acids is 1. The Morgan fingerprint density at radius 3 is 2.34 bits per heavy atom. The van der Waals surface area contributed by atoms with E-state index in [4.69, 9.17) is 4.18 Å². The molecule has 1 aromatic carbocycles. The predicted octanol–water partition coefficient (Wildman–Crippen LogP) is 5.38. The maximum atomic E-state index is 13.8. The van der Waals surface area contributed by atoms with Crippen molar-refractivity contribution in [2.75, 3.05) is 6.61 Å². The maximum absolute atomic E-state index is 13.8. The zero-order chi connectivity index (χ0) is 25.4. The minimum absolute atomic E-state index is 0.0646. The highest BCUT2D eigenvalue weighted by molar-refractivity contribution is 7.86. The molecule has 7 heteroatoms. The predicted molar refractivity (Wildman–Crippen MR) is 131 cm³/mol. The second kappa shape index (κ2) is 7.88. The van der Waals surface area contributed by atoms with E-state index in [9.17, 15) is 23.1 Å². The first-order valence-electron chi connectivity index (χ1n) is 13.0. The van der Waals surface area contributed by atoms with Crippen LogP contribution in [0.25, 0.3) is 0 Å². The third-order valence-electron chi connectivity index (χ3n) is 10.9. The van der Waals surface area contributed by atoms with Crippen LogP contribution in [0.5, 0.6) is 0 Å². The van der Waals surface area contributed by atoms with Gasteiger partial charge in [0.1, 0.15) is 5.78 Å². The summed E-state index contributed by atoms with van der Waals surface area (Å²) < 4.78 is 31.6. The fourth-order valence-corrected chi connectivity index (χ4v) is 10.1. The summed E-state index contributed by atoms with van der Waals surface area (Å²) in [5.74, 6) is -0.789. The van der Waals surface area contributed by atoms with Crippen molar-refractivity contribution in [2.24, 2.45) is 39.4 Å². The Kier molecular flexibility index (Phi) is 5.62. The number of benzene rings is 1. The number of carboxylic acid groups (broad SMARTS) is 1. The van der Waals surface area contributed by atoms with Crippen molar-refractivity contribution in [3.05, 3.63) is 29.8 Å². The molecular weight excluding hydrogens is 464 g/mol. The third kappa shape index (κ3) is 3.47. The molecule has 0 heterocycles. The molecule has 0 aliphatic heterocycles. The zero-order valence-corrected chi connectivity index (χ0v) is 22.1. The normalized spacial score (nSPS) is 42.9. The van der Waals surface area contributed by atoms with Crippen LogP contribution in [0.4, 0.5) is 0 Å². The van der Waals surface area contributed by atoms with Gasteiger partial charge in [-0.2, -0.15) is 8.42 Å². The number of Topliss-reactive ketones (excluding diaryl/α,β-unsaturated/α-hetero) is 1. The lowest BCUT2D eigenvalue weighted by Gasteiger charge is -2.64. The van der Waals surface area contributed by atoms with Gasteiger partial charge in [-0.3, -0.25) is 13.8 Å². The topological polar surface area (TPSA) is 97.7 Å². The molecule has 0 radical (unpaired) electrons. The minimum atomic E-state index is -3.98. The van der Waals surface area contributed by atoms with Crippen LogP contribution in [0.15, 0.2) is 29.2 Å². The van der Waals surface area contributed by atoms with Crippen molar-refractivity contribution in [3.63, 3.8) is 0 Å². The van der Waals surface area contributed by atoms with Crippen LogP contribution >= 0.6 is 0 Å². The Hall–Kier alpha value is -1.73. The summed E-state index contributed by atoms with van der Waals surface area (Å²) >= 11 is 0. The van der Waals surface area contributed by atoms with Gasteiger partial charge >= 0.3 is 5.97 Å². The summed E-state index contributed by atoms with van der Waals surface area (Å²) in [5, 5.41) is 10.2. The third-order valence-corrected chi connectivity index (χ3v) is 12.2. The standard InChI is InChI=1S/C28H38O6S/c1-18-6-8-19(9-7-18)35(32,33)34-16-20-23(29)25(2)14-10-22-26(3)12-5-13-27(4,24(30)31)21(26)11-15-28(20,22)17-25/h6-9,20-22H,5,10-17H2,1-4H3,(H,30,31)/t20-,21+,22+,25+,26-,27-,28-/m1/s1. The molecular formula is C28H38O6S. The second-order valence-corrected chi connectivity index (χ2v) is 14.3. The number of hydrogen-bond donors (Lipinski definition) is 1. The van der Waals surface area contributed by atoms with Crippen LogP contribution in [0.3, 0.4) is 0 Å². The average molecular weight is 503 g/mol. The molecule has 4 fully saturated rings. The summed E-state index contributed by atoms with van der Waals surface area (Å²) in [4.78, 5) is 26.3. The summed E-state index contributed by atoms with van der Waals surface area (Å²) in [6.07, 6.45) is 6.50. The van der Waals surface area contributed by atoms with E-state index in [0.29, 0.717) is 6.42 Å². The Morgan fingerprint density at radius 1 is 1.03 bits per heavy atom. The Bertz CT molecular complexity index is 1160. The highest BCUT2D eigenvalue weighted by Crippen LogP contribution is 2.74. The minimum Gasteiger partial charge on any atom is -0.481 e. The van der Waals surface area contributed by atoms with Crippen molar-refractivity contribution in [1.29, 1.82) is 0 Å². The van der Waals surface area contributed by atoms with Crippen LogP contribution in [0.2, 0.25) is 0 Å². The number of carbonyl (C=O) groups excluding carboxylic acids is 1. The molecule has 1 aromatic rings. The van der Waals surface area contributed by atoms with E-state index in [0.717, 1.165) is 50.5 Å². The van der Waals surface area contributed by atoms with Gasteiger partial charge in [-0.05, 0) is 93.6 Å². The number of rotatable bonds is 5. The van der Waals surface area contributed by atoms with Gasteiger partial charge in [-0.25, -0.2) is 0 Å². The first kappa shape index (κ1) is 24.9. The van der Waals surface area contributed by atoms with Crippen molar-refractivity contribution in [2.45, 2.75) is 84.0 Å². The van der Waals surface area contributed by atoms with E-state index < -0.39 is 32.8 Å². The first-order valence-corrected chi connectivity index (χ1v) is 14.4. The lowest BCUT2D eigenvalue weighted by Crippen LogP contribution is -2.60. The first-order chi connectivity index (χ1) is 16.3. The van der Waals surface area contributed by atoms with E-state index in [1.54, 1.807) is 24.3 Å². The quantitative estimate of drug-likeness (QED) is 0.543. The lowest BCUT2D eigenvalue weighted by molar-refractivity contribution is -0.188. The summed E-state index contributed by atoms with van der Waals surface area (Å²) in [6, 6.07) is 6.57. The molecule has 4 saturated carbocycles. The number of carboxylic acids is 1. The van der Waals surface area contributed by atoms with Gasteiger partial charge in [0.05, 0.1) is 16.9 Å². The van der Waals surface area contributed by atoms with Crippen LogP contribution in [0, 0.1) is 46.3 Å². The van der Waals surface area contributed by atoms with Gasteiger partial charge in [0.15, 0.2) is 0 Å². The molecule has 192 valence electrons. The number of ketones is 1. The SMILES string of the molecule is Cc1ccc(S(=O)(=O)OC[C@@H]2C(=O)[C@@]3(C)CC[C@H]4[C@]5(C)CCC[C@@](C)(C(=O)O)[C@H]5CC[C@@]24C3)cc1. The smallest absolute Gasteiger partial charge is 0.309 e. The van der Waals surface area contributed by atoms with Gasteiger partial charge in [-0.15, -0.1) is 0 Å². The van der Waals surface area contributed by atoms with Crippen LogP contribution < -0.4 is 0 Å². The average Bonchev–Trinajstić information content (AvgIpc) is 2.93. The Labute approximate surface area is 209 Å². The lowest BCUT2D eigenvalue weighted by atomic mass is 9.39. The summed E-state index contributed by atoms with van der Waals surface area (Å²) in [6.45, 7) is 7.98. The molecule has 0 aromatic heterocycles. The number of fused-ring (bicyclic) bond motifs is 3. The second-order valence-electron chi connectivity index (χ2n) is 12.7. The molecule has 2 bridgehead atoms. The number of hydrogen-bond acceptors (Lipinski definition) is 5. The molecule has 1 spiro atoms. The van der Waals surface area contributed by atoms with Gasteiger partial charge in [-0.1, -0.05) is 38.0 Å². The van der Waals surface area contributed by atoms with Crippen molar-refractivity contribution in [1.82, 2.24) is 0 Å². The van der Waals surface area contributed by atoms with Gasteiger partial charge in [0.2, 0.25) is 0 Å². The molecule has 6 nitrogen and oxygen atoms in total. The van der Waals surface area contributed by atoms with Gasteiger partial charge in [0, 0.05) is 11.3 Å². The summed E-state index contributed by atoms with van der Waals surface area (Å²) in [5.41, 5.74) is -0.743. The Balaban J connectivity index is 1.48.